The quantitative estimate of drug-likeness (QED) is 0.735. The van der Waals surface area contributed by atoms with Crippen LogP contribution in [-0.2, 0) is 4.79 Å². The van der Waals surface area contributed by atoms with E-state index in [0.717, 1.165) is 0 Å². The Labute approximate surface area is 75.5 Å². The number of amides is 1. The maximum Gasteiger partial charge on any atom is 0.391 e. The predicted octanol–water partition coefficient (Wildman–Crippen LogP) is 2.24. The number of nitrogens with one attached hydrogen (secondary N) is 1. The molecule has 0 bridgehead atoms. The van der Waals surface area contributed by atoms with Gasteiger partial charge in [0.1, 0.15) is 0 Å². The highest BCUT2D eigenvalue weighted by Crippen LogP contribution is 2.21. The highest BCUT2D eigenvalue weighted by Gasteiger charge is 2.30. The summed E-state index contributed by atoms with van der Waals surface area (Å²) in [4.78, 5) is 10.9. The van der Waals surface area contributed by atoms with E-state index >= 15 is 0 Å². The van der Waals surface area contributed by atoms with Crippen molar-refractivity contribution in [2.45, 2.75) is 45.3 Å². The molecule has 0 aliphatic heterocycles. The monoisotopic (exact) mass is 197 g/mol. The molecule has 0 aromatic carbocycles. The van der Waals surface area contributed by atoms with Crippen LogP contribution in [-0.4, -0.2) is 18.1 Å². The fraction of sp³-hybridized carbons (Fsp3) is 0.875. The molecule has 0 aliphatic rings. The van der Waals surface area contributed by atoms with Gasteiger partial charge in [-0.15, -0.1) is 0 Å². The minimum absolute atomic E-state index is 0.280. The number of halogens is 3. The molecule has 0 rings (SSSR count). The van der Waals surface area contributed by atoms with Gasteiger partial charge in [-0.3, -0.25) is 4.79 Å². The van der Waals surface area contributed by atoms with Gasteiger partial charge < -0.3 is 5.32 Å². The summed E-state index contributed by atoms with van der Waals surface area (Å²) >= 11 is 0. The van der Waals surface area contributed by atoms with Crippen molar-refractivity contribution in [2.24, 2.45) is 0 Å². The Morgan fingerprint density at radius 1 is 1.46 bits per heavy atom. The first-order valence-electron chi connectivity index (χ1n) is 4.21. The van der Waals surface area contributed by atoms with E-state index in [1.807, 2.05) is 0 Å². The normalized spacial score (nSPS) is 13.9. The molecule has 5 heteroatoms. The molecule has 1 N–H and O–H groups in total. The van der Waals surface area contributed by atoms with Gasteiger partial charge in [-0.25, -0.2) is 0 Å². The average Bonchev–Trinajstić information content (AvgIpc) is 1.81. The second-order valence-electron chi connectivity index (χ2n) is 3.04. The van der Waals surface area contributed by atoms with E-state index in [1.54, 1.807) is 6.92 Å². The lowest BCUT2D eigenvalue weighted by atomic mass is 10.2. The van der Waals surface area contributed by atoms with Crippen molar-refractivity contribution in [1.29, 1.82) is 0 Å². The molecule has 2 nitrogen and oxygen atoms in total. The molecular weight excluding hydrogens is 183 g/mol. The molecule has 0 saturated heterocycles. The summed E-state index contributed by atoms with van der Waals surface area (Å²) in [6.07, 6.45) is -4.26. The number of rotatable bonds is 4. The van der Waals surface area contributed by atoms with Crippen LogP contribution in [0.5, 0.6) is 0 Å². The summed E-state index contributed by atoms with van der Waals surface area (Å²) in [6, 6.07) is -0.834. The van der Waals surface area contributed by atoms with Crippen molar-refractivity contribution in [2.75, 3.05) is 0 Å². The zero-order chi connectivity index (χ0) is 10.5. The first-order valence-corrected chi connectivity index (χ1v) is 4.21. The van der Waals surface area contributed by atoms with Gasteiger partial charge in [-0.1, -0.05) is 6.92 Å². The molecule has 13 heavy (non-hydrogen) atoms. The van der Waals surface area contributed by atoms with Crippen molar-refractivity contribution < 1.29 is 18.0 Å². The summed E-state index contributed by atoms with van der Waals surface area (Å²) in [6.45, 7) is 3.15. The zero-order valence-corrected chi connectivity index (χ0v) is 7.74. The second-order valence-corrected chi connectivity index (χ2v) is 3.04. The molecule has 0 aromatic rings. The van der Waals surface area contributed by atoms with Gasteiger partial charge in [0.15, 0.2) is 0 Å². The standard InChI is InChI=1S/C8H14F3NO/c1-3-4-7(13)12-6(2)5-8(9,10)11/h6H,3-5H2,1-2H3,(H,12,13). The Morgan fingerprint density at radius 2 is 2.00 bits per heavy atom. The van der Waals surface area contributed by atoms with Crippen LogP contribution in [0.4, 0.5) is 13.2 Å². The third kappa shape index (κ3) is 7.62. The van der Waals surface area contributed by atoms with Crippen molar-refractivity contribution in [1.82, 2.24) is 5.32 Å². The molecular formula is C8H14F3NO. The lowest BCUT2D eigenvalue weighted by Gasteiger charge is -2.15. The molecule has 0 spiro atoms. The third-order valence-corrected chi connectivity index (χ3v) is 1.42. The summed E-state index contributed by atoms with van der Waals surface area (Å²) in [7, 11) is 0. The number of carbonyl (C=O) groups excluding carboxylic acids is 1. The third-order valence-electron chi connectivity index (χ3n) is 1.42. The van der Waals surface area contributed by atoms with Gasteiger partial charge in [0, 0.05) is 12.5 Å². The fourth-order valence-electron chi connectivity index (χ4n) is 0.972. The molecule has 0 heterocycles. The predicted molar refractivity (Wildman–Crippen MR) is 43.2 cm³/mol. The Hall–Kier alpha value is -0.740. The highest BCUT2D eigenvalue weighted by atomic mass is 19.4. The van der Waals surface area contributed by atoms with Gasteiger partial charge in [0.2, 0.25) is 5.91 Å². The molecule has 78 valence electrons. The summed E-state index contributed by atoms with van der Waals surface area (Å²) in [5.41, 5.74) is 0. The van der Waals surface area contributed by atoms with Crippen molar-refractivity contribution >= 4 is 5.91 Å². The van der Waals surface area contributed by atoms with E-state index in [-0.39, 0.29) is 12.3 Å². The largest absolute Gasteiger partial charge is 0.391 e. The summed E-state index contributed by atoms with van der Waals surface area (Å²) in [5, 5.41) is 2.28. The van der Waals surface area contributed by atoms with E-state index < -0.39 is 18.6 Å². The number of alkyl halides is 3. The average molecular weight is 197 g/mol. The SMILES string of the molecule is CCCC(=O)NC(C)CC(F)(F)F. The van der Waals surface area contributed by atoms with Crippen LogP contribution in [0.15, 0.2) is 0 Å². The van der Waals surface area contributed by atoms with Gasteiger partial charge in [-0.2, -0.15) is 13.2 Å². The van der Waals surface area contributed by atoms with Gasteiger partial charge in [-0.05, 0) is 13.3 Å². The number of carbonyl (C=O) groups is 1. The van der Waals surface area contributed by atoms with Gasteiger partial charge >= 0.3 is 6.18 Å². The van der Waals surface area contributed by atoms with Crippen LogP contribution in [0.1, 0.15) is 33.1 Å². The molecule has 0 fully saturated rings. The van der Waals surface area contributed by atoms with Gasteiger partial charge in [0.05, 0.1) is 6.42 Å². The Balaban J connectivity index is 3.74. The first kappa shape index (κ1) is 12.3. The highest BCUT2D eigenvalue weighted by molar-refractivity contribution is 5.76. The van der Waals surface area contributed by atoms with Crippen molar-refractivity contribution in [3.05, 3.63) is 0 Å². The molecule has 0 aromatic heterocycles. The Kier molecular flexibility index (Phi) is 4.80. The second kappa shape index (κ2) is 5.09. The molecule has 1 amide bonds. The molecule has 1 atom stereocenters. The fourth-order valence-corrected chi connectivity index (χ4v) is 0.972. The lowest BCUT2D eigenvalue weighted by Crippen LogP contribution is -2.35. The van der Waals surface area contributed by atoms with Crippen molar-refractivity contribution in [3.63, 3.8) is 0 Å². The van der Waals surface area contributed by atoms with E-state index in [2.05, 4.69) is 5.32 Å². The molecule has 0 radical (unpaired) electrons. The maximum atomic E-state index is 11.8. The van der Waals surface area contributed by atoms with Crippen molar-refractivity contribution in [3.8, 4) is 0 Å². The van der Waals surface area contributed by atoms with E-state index in [9.17, 15) is 18.0 Å². The lowest BCUT2D eigenvalue weighted by molar-refractivity contribution is -0.141. The van der Waals surface area contributed by atoms with Gasteiger partial charge in [0.25, 0.3) is 0 Å². The molecule has 0 saturated carbocycles. The van der Waals surface area contributed by atoms with Crippen LogP contribution in [0, 0.1) is 0 Å². The Morgan fingerprint density at radius 3 is 2.38 bits per heavy atom. The molecule has 0 aliphatic carbocycles. The van der Waals surface area contributed by atoms with E-state index in [4.69, 9.17) is 0 Å². The van der Waals surface area contributed by atoms with Crippen LogP contribution < -0.4 is 5.32 Å². The maximum absolute atomic E-state index is 11.8. The minimum atomic E-state index is -4.21. The summed E-state index contributed by atoms with van der Waals surface area (Å²) < 4.78 is 35.4. The van der Waals surface area contributed by atoms with E-state index in [0.29, 0.717) is 6.42 Å². The van der Waals surface area contributed by atoms with Crippen LogP contribution in [0.25, 0.3) is 0 Å². The minimum Gasteiger partial charge on any atom is -0.353 e. The van der Waals surface area contributed by atoms with Crippen LogP contribution in [0.3, 0.4) is 0 Å². The zero-order valence-electron chi connectivity index (χ0n) is 7.74. The van der Waals surface area contributed by atoms with Crippen LogP contribution >= 0.6 is 0 Å². The Bertz CT molecular complexity index is 167. The number of hydrogen-bond donors (Lipinski definition) is 1. The van der Waals surface area contributed by atoms with E-state index in [1.165, 1.54) is 6.92 Å². The molecule has 1 unspecified atom stereocenters. The smallest absolute Gasteiger partial charge is 0.353 e. The first-order chi connectivity index (χ1) is 5.85. The topological polar surface area (TPSA) is 29.1 Å². The number of hydrogen-bond acceptors (Lipinski definition) is 1. The van der Waals surface area contributed by atoms with Crippen LogP contribution in [0.2, 0.25) is 0 Å². The summed E-state index contributed by atoms with van der Waals surface area (Å²) in [5.74, 6) is -0.320.